The first kappa shape index (κ1) is 9.84. The summed E-state index contributed by atoms with van der Waals surface area (Å²) >= 11 is 14.5. The predicted octanol–water partition coefficient (Wildman–Crippen LogP) is 3.48. The van der Waals surface area contributed by atoms with Crippen LogP contribution < -0.4 is 0 Å². The summed E-state index contributed by atoms with van der Waals surface area (Å²) in [6, 6.07) is 5.04. The molecule has 0 amide bonds. The van der Waals surface area contributed by atoms with Gasteiger partial charge in [0.1, 0.15) is 0 Å². The fraction of sp³-hybridized carbons (Fsp3) is 0. The van der Waals surface area contributed by atoms with Gasteiger partial charge in [-0.05, 0) is 18.2 Å². The Labute approximate surface area is 87.9 Å². The maximum absolute atomic E-state index is 8.40. The van der Waals surface area contributed by atoms with Crippen molar-refractivity contribution in [1.82, 2.24) is 0 Å². The first-order chi connectivity index (χ1) is 5.65. The lowest BCUT2D eigenvalue weighted by molar-refractivity contribution is 0.321. The van der Waals surface area contributed by atoms with Gasteiger partial charge >= 0.3 is 0 Å². The van der Waals surface area contributed by atoms with Crippen molar-refractivity contribution in [2.75, 3.05) is 0 Å². The van der Waals surface area contributed by atoms with Crippen LogP contribution in [0.4, 0.5) is 0 Å². The van der Waals surface area contributed by atoms with Crippen LogP contribution in [0, 0.1) is 0 Å². The highest BCUT2D eigenvalue weighted by atomic mass is 79.9. The van der Waals surface area contributed by atoms with Crippen LogP contribution in [0.2, 0.25) is 5.02 Å². The molecule has 64 valence electrons. The van der Waals surface area contributed by atoms with E-state index in [1.54, 1.807) is 18.2 Å². The minimum Gasteiger partial charge on any atom is -0.410 e. The third kappa shape index (κ3) is 2.12. The highest BCUT2D eigenvalue weighted by Crippen LogP contribution is 2.22. The van der Waals surface area contributed by atoms with Crippen molar-refractivity contribution < 1.29 is 5.21 Å². The summed E-state index contributed by atoms with van der Waals surface area (Å²) in [5, 5.41) is 11.8. The van der Waals surface area contributed by atoms with Crippen LogP contribution in [0.5, 0.6) is 0 Å². The number of oxime groups is 1. The van der Waals surface area contributed by atoms with Gasteiger partial charge in [0.05, 0.1) is 0 Å². The van der Waals surface area contributed by atoms with Crippen molar-refractivity contribution >= 4 is 44.3 Å². The molecule has 0 spiro atoms. The minimum atomic E-state index is 0.00405. The molecule has 5 heteroatoms. The van der Waals surface area contributed by atoms with Crippen molar-refractivity contribution in [3.8, 4) is 0 Å². The van der Waals surface area contributed by atoms with Crippen LogP contribution >= 0.6 is 39.1 Å². The molecule has 0 atom stereocenters. The quantitative estimate of drug-likeness (QED) is 0.472. The van der Waals surface area contributed by atoms with E-state index in [1.807, 2.05) is 0 Å². The van der Waals surface area contributed by atoms with Gasteiger partial charge in [-0.2, -0.15) is 0 Å². The number of hydrogen-bond acceptors (Lipinski definition) is 2. The summed E-state index contributed by atoms with van der Waals surface area (Å²) in [5.41, 5.74) is 0.562. The zero-order valence-electron chi connectivity index (χ0n) is 5.76. The van der Waals surface area contributed by atoms with E-state index in [2.05, 4.69) is 21.1 Å². The van der Waals surface area contributed by atoms with Crippen LogP contribution in [0.3, 0.4) is 0 Å². The van der Waals surface area contributed by atoms with Gasteiger partial charge in [-0.15, -0.1) is 0 Å². The molecule has 0 aliphatic carbocycles. The maximum Gasteiger partial charge on any atom is 0.176 e. The van der Waals surface area contributed by atoms with Crippen molar-refractivity contribution in [3.05, 3.63) is 33.3 Å². The standard InChI is InChI=1S/C7H4BrCl2NO/c8-6-2-1-4(9)3-5(6)7(10)11-12/h1-3,12H. The summed E-state index contributed by atoms with van der Waals surface area (Å²) in [4.78, 5) is 0. The number of benzene rings is 1. The Morgan fingerprint density at radius 3 is 2.75 bits per heavy atom. The highest BCUT2D eigenvalue weighted by molar-refractivity contribution is 9.10. The van der Waals surface area contributed by atoms with Gasteiger partial charge < -0.3 is 5.21 Å². The number of hydrogen-bond donors (Lipinski definition) is 1. The second-order valence-corrected chi connectivity index (χ2v) is 3.66. The molecule has 2 nitrogen and oxygen atoms in total. The minimum absolute atomic E-state index is 0.00405. The van der Waals surface area contributed by atoms with Gasteiger partial charge in [-0.25, -0.2) is 0 Å². The SMILES string of the molecule is ON=C(Cl)c1cc(Cl)ccc1Br. The number of halogens is 3. The normalized spacial score (nSPS) is 11.8. The molecule has 0 saturated heterocycles. The zero-order valence-corrected chi connectivity index (χ0v) is 8.86. The molecular weight excluding hydrogens is 265 g/mol. The van der Waals surface area contributed by atoms with Gasteiger partial charge in [0.15, 0.2) is 5.17 Å². The monoisotopic (exact) mass is 267 g/mol. The average Bonchev–Trinajstić information content (AvgIpc) is 2.08. The highest BCUT2D eigenvalue weighted by Gasteiger charge is 2.05. The first-order valence-corrected chi connectivity index (χ1v) is 4.53. The lowest BCUT2D eigenvalue weighted by Crippen LogP contribution is -1.92. The second kappa shape index (κ2) is 4.12. The van der Waals surface area contributed by atoms with E-state index >= 15 is 0 Å². The van der Waals surface area contributed by atoms with Crippen LogP contribution in [0.1, 0.15) is 5.56 Å². The van der Waals surface area contributed by atoms with E-state index in [9.17, 15) is 0 Å². The van der Waals surface area contributed by atoms with Gasteiger partial charge in [0, 0.05) is 15.1 Å². The van der Waals surface area contributed by atoms with Crippen molar-refractivity contribution in [1.29, 1.82) is 0 Å². The molecule has 0 fully saturated rings. The largest absolute Gasteiger partial charge is 0.410 e. The van der Waals surface area contributed by atoms with Gasteiger partial charge in [0.2, 0.25) is 0 Å². The van der Waals surface area contributed by atoms with Gasteiger partial charge in [-0.1, -0.05) is 44.3 Å². The number of rotatable bonds is 1. The molecule has 1 rings (SSSR count). The molecule has 0 aromatic heterocycles. The van der Waals surface area contributed by atoms with Crippen molar-refractivity contribution in [3.63, 3.8) is 0 Å². The predicted molar refractivity (Wildman–Crippen MR) is 53.3 cm³/mol. The molecular formula is C7H4BrCl2NO. The molecule has 0 unspecified atom stereocenters. The molecule has 1 aromatic carbocycles. The van der Waals surface area contributed by atoms with Crippen LogP contribution in [0.25, 0.3) is 0 Å². The average molecular weight is 269 g/mol. The Bertz CT molecular complexity index is 327. The lowest BCUT2D eigenvalue weighted by Gasteiger charge is -2.00. The molecule has 0 aliphatic heterocycles. The van der Waals surface area contributed by atoms with E-state index in [1.165, 1.54) is 0 Å². The molecule has 0 aliphatic rings. The maximum atomic E-state index is 8.40. The summed E-state index contributed by atoms with van der Waals surface area (Å²) in [5.74, 6) is 0. The third-order valence-corrected chi connectivity index (χ3v) is 2.44. The number of nitrogens with zero attached hydrogens (tertiary/aromatic N) is 1. The Balaban J connectivity index is 3.23. The van der Waals surface area contributed by atoms with E-state index in [0.29, 0.717) is 10.6 Å². The zero-order chi connectivity index (χ0) is 9.14. The molecule has 0 saturated carbocycles. The van der Waals surface area contributed by atoms with Crippen LogP contribution in [-0.2, 0) is 0 Å². The van der Waals surface area contributed by atoms with Crippen LogP contribution in [-0.4, -0.2) is 10.4 Å². The van der Waals surface area contributed by atoms with E-state index in [0.717, 1.165) is 4.47 Å². The molecule has 0 heterocycles. The Morgan fingerprint density at radius 2 is 2.17 bits per heavy atom. The summed E-state index contributed by atoms with van der Waals surface area (Å²) in [7, 11) is 0. The lowest BCUT2D eigenvalue weighted by atomic mass is 10.2. The van der Waals surface area contributed by atoms with E-state index in [4.69, 9.17) is 28.4 Å². The molecule has 1 N–H and O–H groups in total. The van der Waals surface area contributed by atoms with Gasteiger partial charge in [-0.3, -0.25) is 0 Å². The summed E-state index contributed by atoms with van der Waals surface area (Å²) < 4.78 is 0.731. The molecule has 0 radical (unpaired) electrons. The Hall–Kier alpha value is -0.250. The van der Waals surface area contributed by atoms with Crippen molar-refractivity contribution in [2.24, 2.45) is 5.16 Å². The van der Waals surface area contributed by atoms with E-state index < -0.39 is 0 Å². The Kier molecular flexibility index (Phi) is 3.38. The van der Waals surface area contributed by atoms with E-state index in [-0.39, 0.29) is 5.17 Å². The summed E-state index contributed by atoms with van der Waals surface area (Å²) in [6.45, 7) is 0. The topological polar surface area (TPSA) is 32.6 Å². The smallest absolute Gasteiger partial charge is 0.176 e. The molecule has 12 heavy (non-hydrogen) atoms. The Morgan fingerprint density at radius 1 is 1.50 bits per heavy atom. The fourth-order valence-electron chi connectivity index (χ4n) is 0.709. The first-order valence-electron chi connectivity index (χ1n) is 2.98. The second-order valence-electron chi connectivity index (χ2n) is 2.01. The fourth-order valence-corrected chi connectivity index (χ4v) is 1.59. The van der Waals surface area contributed by atoms with Crippen LogP contribution in [0.15, 0.2) is 27.8 Å². The summed E-state index contributed by atoms with van der Waals surface area (Å²) in [6.07, 6.45) is 0. The molecule has 0 bridgehead atoms. The third-order valence-electron chi connectivity index (χ3n) is 1.24. The van der Waals surface area contributed by atoms with Crippen molar-refractivity contribution in [2.45, 2.75) is 0 Å². The van der Waals surface area contributed by atoms with Gasteiger partial charge in [0.25, 0.3) is 0 Å². The molecule has 1 aromatic rings.